The lowest BCUT2D eigenvalue weighted by molar-refractivity contribution is 0.129. The van der Waals surface area contributed by atoms with Crippen molar-refractivity contribution in [3.05, 3.63) is 108 Å². The maximum absolute atomic E-state index is 13.6. The van der Waals surface area contributed by atoms with E-state index in [0.717, 1.165) is 91.0 Å². The van der Waals surface area contributed by atoms with E-state index in [-0.39, 0.29) is 0 Å². The highest BCUT2D eigenvalue weighted by Crippen LogP contribution is 2.47. The van der Waals surface area contributed by atoms with Crippen molar-refractivity contribution in [2.45, 2.75) is 84.5 Å². The zero-order valence-electron chi connectivity index (χ0n) is 24.8. The van der Waals surface area contributed by atoms with Gasteiger partial charge in [-0.25, -0.2) is 0 Å². The Balaban J connectivity index is 1.70. The highest BCUT2D eigenvalue weighted by molar-refractivity contribution is 5.94. The van der Waals surface area contributed by atoms with Crippen molar-refractivity contribution < 1.29 is 5.11 Å². The van der Waals surface area contributed by atoms with Gasteiger partial charge in [0, 0.05) is 87.6 Å². The van der Waals surface area contributed by atoms with E-state index in [1.165, 1.54) is 16.6 Å². The van der Waals surface area contributed by atoms with Gasteiger partial charge in [-0.3, -0.25) is 0 Å². The fraction of sp³-hybridized carbons (Fsp3) is 0.351. The Labute approximate surface area is 243 Å². The molecule has 0 bridgehead atoms. The van der Waals surface area contributed by atoms with Gasteiger partial charge in [-0.05, 0) is 37.5 Å². The predicted molar refractivity (Wildman–Crippen MR) is 173 cm³/mol. The maximum atomic E-state index is 13.6. The highest BCUT2D eigenvalue weighted by Gasteiger charge is 2.41. The molecule has 0 saturated heterocycles. The van der Waals surface area contributed by atoms with Crippen molar-refractivity contribution in [2.75, 3.05) is 0 Å². The number of hydrogen-bond donors (Lipinski definition) is 1. The van der Waals surface area contributed by atoms with Crippen LogP contribution in [0.25, 0.3) is 32.7 Å². The van der Waals surface area contributed by atoms with Crippen molar-refractivity contribution in [2.24, 2.45) is 0 Å². The number of fused-ring (bicyclic) bond motifs is 3. The molecule has 0 amide bonds. The van der Waals surface area contributed by atoms with Crippen molar-refractivity contribution >= 4 is 32.7 Å². The molecule has 0 spiro atoms. The first-order chi connectivity index (χ1) is 20.1. The molecule has 1 N–H and O–H groups in total. The van der Waals surface area contributed by atoms with Gasteiger partial charge in [-0.1, -0.05) is 94.6 Å². The van der Waals surface area contributed by atoms with E-state index in [1.807, 2.05) is 0 Å². The van der Waals surface area contributed by atoms with Crippen LogP contribution in [0.15, 0.2) is 91.4 Å². The Bertz CT molecular complexity index is 1580. The molecule has 0 fully saturated rings. The number of benzene rings is 3. The van der Waals surface area contributed by atoms with Gasteiger partial charge < -0.3 is 18.8 Å². The molecule has 0 atom stereocenters. The first kappa shape index (κ1) is 27.4. The monoisotopic (exact) mass is 545 g/mol. The van der Waals surface area contributed by atoms with Crippen LogP contribution in [0.2, 0.25) is 0 Å². The van der Waals surface area contributed by atoms with E-state index in [1.54, 1.807) is 0 Å². The van der Waals surface area contributed by atoms with E-state index < -0.39 is 5.60 Å². The van der Waals surface area contributed by atoms with Gasteiger partial charge in [0.15, 0.2) is 0 Å². The number of aliphatic hydroxyl groups is 1. The topological polar surface area (TPSA) is 35.0 Å². The number of hydrogen-bond acceptors (Lipinski definition) is 1. The third-order valence-corrected chi connectivity index (χ3v) is 8.79. The van der Waals surface area contributed by atoms with Gasteiger partial charge in [0.1, 0.15) is 5.60 Å². The van der Waals surface area contributed by atoms with E-state index in [0.29, 0.717) is 0 Å². The zero-order valence-corrected chi connectivity index (χ0v) is 24.8. The molecule has 41 heavy (non-hydrogen) atoms. The molecule has 3 aromatic heterocycles. The predicted octanol–water partition coefficient (Wildman–Crippen LogP) is 9.24. The smallest absolute Gasteiger partial charge is 0.146 e. The third-order valence-electron chi connectivity index (χ3n) is 8.79. The second-order valence-electron chi connectivity index (χ2n) is 11.5. The molecule has 0 saturated carbocycles. The van der Waals surface area contributed by atoms with Crippen LogP contribution in [0.1, 0.15) is 76.0 Å². The second-order valence-corrected chi connectivity index (χ2v) is 11.5. The van der Waals surface area contributed by atoms with Gasteiger partial charge in [0.2, 0.25) is 0 Å². The Hall–Kier alpha value is -3.76. The van der Waals surface area contributed by atoms with Crippen LogP contribution >= 0.6 is 0 Å². The normalized spacial score (nSPS) is 12.3. The zero-order chi connectivity index (χ0) is 28.4. The van der Waals surface area contributed by atoms with Crippen LogP contribution in [-0.4, -0.2) is 18.8 Å². The molecular formula is C37H43N3O. The van der Waals surface area contributed by atoms with E-state index >= 15 is 0 Å². The van der Waals surface area contributed by atoms with Gasteiger partial charge in [-0.2, -0.15) is 0 Å². The molecule has 3 aromatic carbocycles. The Morgan fingerprint density at radius 1 is 0.488 bits per heavy atom. The molecular weight excluding hydrogens is 502 g/mol. The molecule has 0 aliphatic rings. The quantitative estimate of drug-likeness (QED) is 0.163. The molecule has 0 unspecified atom stereocenters. The fourth-order valence-electron chi connectivity index (χ4n) is 6.58. The third kappa shape index (κ3) is 4.68. The minimum atomic E-state index is -1.34. The lowest BCUT2D eigenvalue weighted by Crippen LogP contribution is -2.28. The summed E-state index contributed by atoms with van der Waals surface area (Å²) >= 11 is 0. The molecule has 6 aromatic rings. The summed E-state index contributed by atoms with van der Waals surface area (Å²) < 4.78 is 7.06. The summed E-state index contributed by atoms with van der Waals surface area (Å²) in [5.74, 6) is 0. The lowest BCUT2D eigenvalue weighted by atomic mass is 9.80. The second kappa shape index (κ2) is 11.6. The Kier molecular flexibility index (Phi) is 7.77. The van der Waals surface area contributed by atoms with Crippen LogP contribution in [0, 0.1) is 0 Å². The van der Waals surface area contributed by atoms with Gasteiger partial charge >= 0.3 is 0 Å². The van der Waals surface area contributed by atoms with Crippen LogP contribution in [0.3, 0.4) is 0 Å². The van der Waals surface area contributed by atoms with Crippen molar-refractivity contribution in [1.29, 1.82) is 0 Å². The number of aryl methyl sites for hydroxylation is 3. The molecule has 6 rings (SSSR count). The summed E-state index contributed by atoms with van der Waals surface area (Å²) in [6.45, 7) is 9.51. The SMILES string of the molecule is CCCCn1cc(C(O)(c2cn(CCCC)c3ccccc23)c2cn(CCCC)c3ccccc23)c2ccccc21. The molecule has 0 aliphatic carbocycles. The summed E-state index contributed by atoms with van der Waals surface area (Å²) in [6, 6.07) is 25.8. The summed E-state index contributed by atoms with van der Waals surface area (Å²) in [6.07, 6.45) is 13.4. The first-order valence-corrected chi connectivity index (χ1v) is 15.6. The molecule has 0 aliphatic heterocycles. The maximum Gasteiger partial charge on any atom is 0.146 e. The summed E-state index contributed by atoms with van der Waals surface area (Å²) in [7, 11) is 0. The summed E-state index contributed by atoms with van der Waals surface area (Å²) in [4.78, 5) is 0. The number of para-hydroxylation sites is 3. The van der Waals surface area contributed by atoms with Crippen molar-refractivity contribution in [3.63, 3.8) is 0 Å². The molecule has 4 nitrogen and oxygen atoms in total. The minimum Gasteiger partial charge on any atom is -0.376 e. The van der Waals surface area contributed by atoms with E-state index in [4.69, 9.17) is 0 Å². The number of unbranched alkanes of at least 4 members (excludes halogenated alkanes) is 3. The van der Waals surface area contributed by atoms with Crippen LogP contribution in [0.5, 0.6) is 0 Å². The average molecular weight is 546 g/mol. The molecule has 0 radical (unpaired) electrons. The van der Waals surface area contributed by atoms with Crippen LogP contribution in [-0.2, 0) is 25.2 Å². The average Bonchev–Trinajstić information content (AvgIpc) is 3.70. The van der Waals surface area contributed by atoms with Crippen LogP contribution < -0.4 is 0 Å². The van der Waals surface area contributed by atoms with Crippen LogP contribution in [0.4, 0.5) is 0 Å². The number of aromatic nitrogens is 3. The molecule has 3 heterocycles. The van der Waals surface area contributed by atoms with Gasteiger partial charge in [0.25, 0.3) is 0 Å². The highest BCUT2D eigenvalue weighted by atomic mass is 16.3. The minimum absolute atomic E-state index is 0.934. The van der Waals surface area contributed by atoms with Gasteiger partial charge in [-0.15, -0.1) is 0 Å². The van der Waals surface area contributed by atoms with E-state index in [9.17, 15) is 5.11 Å². The largest absolute Gasteiger partial charge is 0.376 e. The Morgan fingerprint density at radius 3 is 1.07 bits per heavy atom. The number of rotatable bonds is 12. The summed E-state index contributed by atoms with van der Waals surface area (Å²) in [5.41, 5.74) is 5.07. The lowest BCUT2D eigenvalue weighted by Gasteiger charge is -2.28. The molecule has 4 heteroatoms. The van der Waals surface area contributed by atoms with E-state index in [2.05, 4.69) is 126 Å². The fourth-order valence-corrected chi connectivity index (χ4v) is 6.58. The van der Waals surface area contributed by atoms with Crippen molar-refractivity contribution in [1.82, 2.24) is 13.7 Å². The molecule has 212 valence electrons. The first-order valence-electron chi connectivity index (χ1n) is 15.6. The Morgan fingerprint density at radius 2 is 0.780 bits per heavy atom. The standard InChI is InChI=1S/C37H43N3O/c1-4-7-22-38-25-31(28-16-10-13-19-34(28)38)37(41,32-26-39(23-8-5-2)35-20-14-11-17-29(32)35)33-27-40(24-9-6-3)36-21-15-12-18-30(33)36/h10-21,25-27,41H,4-9,22-24H2,1-3H3. The summed E-state index contributed by atoms with van der Waals surface area (Å²) in [5, 5.41) is 16.9. The van der Waals surface area contributed by atoms with Gasteiger partial charge in [0.05, 0.1) is 0 Å². The van der Waals surface area contributed by atoms with Crippen molar-refractivity contribution in [3.8, 4) is 0 Å². The number of nitrogens with zero attached hydrogens (tertiary/aromatic N) is 3.